The van der Waals surface area contributed by atoms with Crippen LogP contribution in [0.5, 0.6) is 0 Å². The van der Waals surface area contributed by atoms with Crippen molar-refractivity contribution in [2.24, 2.45) is 0 Å². The largest absolute Gasteiger partial charge is 0.466 e. The van der Waals surface area contributed by atoms with E-state index in [9.17, 15) is 27.6 Å². The van der Waals surface area contributed by atoms with Crippen LogP contribution in [-0.4, -0.2) is 60.6 Å². The van der Waals surface area contributed by atoms with Gasteiger partial charge in [0.15, 0.2) is 0 Å². The third-order valence-corrected chi connectivity index (χ3v) is 7.89. The predicted molar refractivity (Wildman–Crippen MR) is 127 cm³/mol. The van der Waals surface area contributed by atoms with Crippen LogP contribution >= 0.6 is 0 Å². The summed E-state index contributed by atoms with van der Waals surface area (Å²) in [5.41, 5.74) is 1.41. The van der Waals surface area contributed by atoms with Crippen LogP contribution < -0.4 is 0 Å². The van der Waals surface area contributed by atoms with Gasteiger partial charge in [-0.3, -0.25) is 14.8 Å². The highest BCUT2D eigenvalue weighted by atomic mass is 32.2. The van der Waals surface area contributed by atoms with Crippen LogP contribution in [0.1, 0.15) is 45.4 Å². The maximum Gasteiger partial charge on any atom is 0.307 e. The normalized spacial score (nSPS) is 14.6. The van der Waals surface area contributed by atoms with E-state index in [1.807, 2.05) is 0 Å². The van der Waals surface area contributed by atoms with E-state index >= 15 is 0 Å². The number of carbonyl (C=O) groups excluding carboxylic acids is 2. The minimum atomic E-state index is -4.17. The fraction of sp³-hybridized carbons (Fsp3) is 0.440. The third kappa shape index (κ3) is 7.09. The van der Waals surface area contributed by atoms with Crippen molar-refractivity contribution in [2.75, 3.05) is 19.7 Å². The first kappa shape index (κ1) is 26.8. The van der Waals surface area contributed by atoms with Gasteiger partial charge in [-0.2, -0.15) is 4.31 Å². The first-order chi connectivity index (χ1) is 16.7. The number of esters is 1. The lowest BCUT2D eigenvalue weighted by atomic mass is 9.95. The van der Waals surface area contributed by atoms with Crippen molar-refractivity contribution in [3.63, 3.8) is 0 Å². The number of hydroxylamine groups is 2. The van der Waals surface area contributed by atoms with Crippen molar-refractivity contribution in [1.82, 2.24) is 9.37 Å². The van der Waals surface area contributed by atoms with Gasteiger partial charge in [0.2, 0.25) is 10.0 Å². The minimum Gasteiger partial charge on any atom is -0.466 e. The Balaban J connectivity index is 1.80. The van der Waals surface area contributed by atoms with E-state index in [1.165, 1.54) is 24.3 Å². The number of benzene rings is 2. The summed E-state index contributed by atoms with van der Waals surface area (Å²) in [5, 5.41) is 11.1. The monoisotopic (exact) mass is 506 g/mol. The van der Waals surface area contributed by atoms with Crippen LogP contribution in [0.25, 0.3) is 11.1 Å². The van der Waals surface area contributed by atoms with Crippen LogP contribution in [-0.2, 0) is 24.3 Å². The van der Waals surface area contributed by atoms with Gasteiger partial charge >= 0.3 is 5.97 Å². The summed E-state index contributed by atoms with van der Waals surface area (Å²) in [6.07, 6.45) is 3.89. The summed E-state index contributed by atoms with van der Waals surface area (Å²) in [7, 11) is -4.17. The zero-order valence-electron chi connectivity index (χ0n) is 19.7. The molecule has 190 valence electrons. The first-order valence-corrected chi connectivity index (χ1v) is 13.2. The summed E-state index contributed by atoms with van der Waals surface area (Å²) in [5.74, 6) is -1.70. The second kappa shape index (κ2) is 12.2. The highest BCUT2D eigenvalue weighted by Gasteiger charge is 2.31. The zero-order valence-corrected chi connectivity index (χ0v) is 20.5. The molecule has 0 bridgehead atoms. The van der Waals surface area contributed by atoms with Crippen molar-refractivity contribution in [3.8, 4) is 11.1 Å². The molecule has 0 saturated heterocycles. The number of amides is 1. The van der Waals surface area contributed by atoms with Gasteiger partial charge in [0.25, 0.3) is 5.91 Å². The molecule has 10 heteroatoms. The molecule has 1 N–H and O–H groups in total. The Bertz CT molecular complexity index is 1100. The number of hydrogen-bond donors (Lipinski definition) is 1. The molecule has 1 fully saturated rings. The van der Waals surface area contributed by atoms with Crippen LogP contribution in [0.15, 0.2) is 53.4 Å². The molecule has 2 aromatic carbocycles. The van der Waals surface area contributed by atoms with Gasteiger partial charge in [0.1, 0.15) is 5.82 Å². The second-order valence-corrected chi connectivity index (χ2v) is 10.4. The average Bonchev–Trinajstić information content (AvgIpc) is 2.87. The third-order valence-electron chi connectivity index (χ3n) is 6.03. The lowest BCUT2D eigenvalue weighted by molar-refractivity contribution is -0.178. The number of carbonyl (C=O) groups is 2. The molecule has 0 heterocycles. The van der Waals surface area contributed by atoms with Gasteiger partial charge in [-0.15, -0.1) is 0 Å². The molecule has 3 rings (SSSR count). The summed E-state index contributed by atoms with van der Waals surface area (Å²) in [6, 6.07) is 11.4. The molecule has 0 spiro atoms. The molecule has 1 amide bonds. The van der Waals surface area contributed by atoms with Gasteiger partial charge in [-0.05, 0) is 55.2 Å². The summed E-state index contributed by atoms with van der Waals surface area (Å²) < 4.78 is 45.8. The van der Waals surface area contributed by atoms with E-state index in [-0.39, 0.29) is 36.3 Å². The molecule has 0 aliphatic heterocycles. The maximum absolute atomic E-state index is 13.4. The van der Waals surface area contributed by atoms with Crippen molar-refractivity contribution in [2.45, 2.75) is 56.4 Å². The molecule has 1 saturated carbocycles. The highest BCUT2D eigenvalue weighted by Crippen LogP contribution is 2.25. The molecule has 0 aromatic heterocycles. The van der Waals surface area contributed by atoms with Gasteiger partial charge in [0, 0.05) is 6.54 Å². The summed E-state index contributed by atoms with van der Waals surface area (Å²) in [6.45, 7) is 0.924. The summed E-state index contributed by atoms with van der Waals surface area (Å²) in [4.78, 5) is 24.6. The first-order valence-electron chi connectivity index (χ1n) is 11.7. The Morgan fingerprint density at radius 3 is 2.14 bits per heavy atom. The zero-order chi connectivity index (χ0) is 25.4. The van der Waals surface area contributed by atoms with Gasteiger partial charge in [0.05, 0.1) is 30.5 Å². The van der Waals surface area contributed by atoms with Crippen molar-refractivity contribution < 1.29 is 32.3 Å². The minimum absolute atomic E-state index is 0.0674. The van der Waals surface area contributed by atoms with Crippen molar-refractivity contribution in [1.29, 1.82) is 0 Å². The number of sulfonamides is 1. The smallest absolute Gasteiger partial charge is 0.307 e. The van der Waals surface area contributed by atoms with E-state index in [1.54, 1.807) is 31.2 Å². The molecule has 35 heavy (non-hydrogen) atoms. The molecule has 0 atom stereocenters. The van der Waals surface area contributed by atoms with Crippen molar-refractivity contribution >= 4 is 21.9 Å². The fourth-order valence-electron chi connectivity index (χ4n) is 4.10. The molecule has 2 aromatic rings. The van der Waals surface area contributed by atoms with E-state index in [4.69, 9.17) is 4.74 Å². The lowest BCUT2D eigenvalue weighted by Crippen LogP contribution is -2.46. The molecule has 0 unspecified atom stereocenters. The van der Waals surface area contributed by atoms with Gasteiger partial charge < -0.3 is 4.74 Å². The van der Waals surface area contributed by atoms with Crippen LogP contribution in [0.3, 0.4) is 0 Å². The van der Waals surface area contributed by atoms with Gasteiger partial charge in [-0.1, -0.05) is 43.5 Å². The molecule has 1 aliphatic rings. The number of nitrogens with zero attached hydrogens (tertiary/aromatic N) is 2. The van der Waals surface area contributed by atoms with E-state index < -0.39 is 28.4 Å². The van der Waals surface area contributed by atoms with Crippen LogP contribution in [0.2, 0.25) is 0 Å². The molecular weight excluding hydrogens is 475 g/mol. The Morgan fingerprint density at radius 2 is 1.57 bits per heavy atom. The van der Waals surface area contributed by atoms with E-state index in [0.29, 0.717) is 29.0 Å². The standard InChI is InChI=1S/C25H31FN2O6S/c1-2-34-25(30)16-17-27(18-24(29)28(31)22-6-4-3-5-7-22)35(32,33)23-14-10-20(11-15-23)19-8-12-21(26)13-9-19/h8-15,22,31H,2-7,16-18H2,1H3. The fourth-order valence-corrected chi connectivity index (χ4v) is 5.49. The highest BCUT2D eigenvalue weighted by molar-refractivity contribution is 7.89. The Morgan fingerprint density at radius 1 is 1.00 bits per heavy atom. The maximum atomic E-state index is 13.4. The summed E-state index contributed by atoms with van der Waals surface area (Å²) >= 11 is 0. The molecule has 1 aliphatic carbocycles. The van der Waals surface area contributed by atoms with Crippen molar-refractivity contribution in [3.05, 3.63) is 54.3 Å². The Hall–Kier alpha value is -2.82. The SMILES string of the molecule is CCOC(=O)CCN(CC(=O)N(O)C1CCCCC1)S(=O)(=O)c1ccc(-c2ccc(F)cc2)cc1. The lowest BCUT2D eigenvalue weighted by Gasteiger charge is -2.30. The Labute approximate surface area is 205 Å². The molecular formula is C25H31FN2O6S. The van der Waals surface area contributed by atoms with E-state index in [2.05, 4.69) is 0 Å². The molecule has 8 nitrogen and oxygen atoms in total. The molecule has 0 radical (unpaired) electrons. The van der Waals surface area contributed by atoms with Crippen LogP contribution in [0, 0.1) is 5.82 Å². The Kier molecular flexibility index (Phi) is 9.36. The van der Waals surface area contributed by atoms with E-state index in [0.717, 1.165) is 23.6 Å². The second-order valence-electron chi connectivity index (χ2n) is 8.46. The van der Waals surface area contributed by atoms with Gasteiger partial charge in [-0.25, -0.2) is 17.9 Å². The van der Waals surface area contributed by atoms with Crippen LogP contribution in [0.4, 0.5) is 4.39 Å². The predicted octanol–water partition coefficient (Wildman–Crippen LogP) is 3.99. The number of ether oxygens (including phenoxy) is 1. The average molecular weight is 507 g/mol. The quantitative estimate of drug-likeness (QED) is 0.297. The number of rotatable bonds is 10. The number of hydrogen-bond acceptors (Lipinski definition) is 6. The topological polar surface area (TPSA) is 104 Å². The number of halogens is 1.